The van der Waals surface area contributed by atoms with Gasteiger partial charge in [-0.1, -0.05) is 12.1 Å². The van der Waals surface area contributed by atoms with Crippen LogP contribution in [0.2, 0.25) is 0 Å². The van der Waals surface area contributed by atoms with Crippen molar-refractivity contribution < 1.29 is 14.0 Å². The van der Waals surface area contributed by atoms with E-state index in [1.165, 1.54) is 18.2 Å². The monoisotopic (exact) mass is 304 g/mol. The maximum Gasteiger partial charge on any atom is 0.246 e. The van der Waals surface area contributed by atoms with Gasteiger partial charge in [-0.2, -0.15) is 0 Å². The fourth-order valence-corrected chi connectivity index (χ4v) is 2.53. The number of nitrogens with one attached hydrogen (secondary N) is 1. The van der Waals surface area contributed by atoms with Crippen molar-refractivity contribution in [2.24, 2.45) is 5.92 Å². The second-order valence-electron chi connectivity index (χ2n) is 5.38. The van der Waals surface area contributed by atoms with E-state index in [1.807, 2.05) is 6.92 Å². The van der Waals surface area contributed by atoms with Crippen LogP contribution in [0.3, 0.4) is 0 Å². The van der Waals surface area contributed by atoms with Crippen molar-refractivity contribution in [2.45, 2.75) is 19.8 Å². The van der Waals surface area contributed by atoms with Crippen LogP contribution in [0.15, 0.2) is 30.3 Å². The molecule has 1 aromatic carbocycles. The number of hydrogen-bond donors (Lipinski definition) is 1. The van der Waals surface area contributed by atoms with Crippen LogP contribution in [-0.2, 0) is 9.59 Å². The zero-order chi connectivity index (χ0) is 15.9. The first-order valence-corrected chi connectivity index (χ1v) is 7.60. The minimum absolute atomic E-state index is 0.00470. The van der Waals surface area contributed by atoms with Gasteiger partial charge in [0.1, 0.15) is 5.82 Å². The first-order valence-electron chi connectivity index (χ1n) is 7.60. The lowest BCUT2D eigenvalue weighted by Crippen LogP contribution is -2.42. The molecule has 2 amide bonds. The molecule has 1 fully saturated rings. The molecule has 0 aliphatic carbocycles. The van der Waals surface area contributed by atoms with Crippen LogP contribution in [0, 0.1) is 11.7 Å². The van der Waals surface area contributed by atoms with Crippen molar-refractivity contribution in [3.63, 3.8) is 0 Å². The summed E-state index contributed by atoms with van der Waals surface area (Å²) in [5, 5.41) is 2.82. The summed E-state index contributed by atoms with van der Waals surface area (Å²) in [5.41, 5.74) is 0.784. The average Bonchev–Trinajstić information content (AvgIpc) is 2.54. The average molecular weight is 304 g/mol. The molecule has 0 spiro atoms. The molecule has 1 N–H and O–H groups in total. The summed E-state index contributed by atoms with van der Waals surface area (Å²) in [5.74, 6) is -0.281. The summed E-state index contributed by atoms with van der Waals surface area (Å²) in [6.07, 6.45) is 4.57. The zero-order valence-corrected chi connectivity index (χ0v) is 12.7. The molecule has 1 saturated heterocycles. The number of carbonyl (C=O) groups is 2. The molecule has 118 valence electrons. The second kappa shape index (κ2) is 7.73. The van der Waals surface area contributed by atoms with E-state index in [0.717, 1.165) is 5.56 Å². The Hall–Kier alpha value is -2.17. The lowest BCUT2D eigenvalue weighted by Gasteiger charge is -2.30. The highest BCUT2D eigenvalue weighted by atomic mass is 19.1. The molecule has 5 heteroatoms. The molecule has 1 aliphatic heterocycles. The van der Waals surface area contributed by atoms with Gasteiger partial charge in [-0.3, -0.25) is 9.59 Å². The lowest BCUT2D eigenvalue weighted by molar-refractivity contribution is -0.132. The Morgan fingerprint density at radius 2 is 1.91 bits per heavy atom. The van der Waals surface area contributed by atoms with Crippen LogP contribution in [-0.4, -0.2) is 36.3 Å². The summed E-state index contributed by atoms with van der Waals surface area (Å²) in [6.45, 7) is 3.72. The number of amides is 2. The van der Waals surface area contributed by atoms with E-state index in [0.29, 0.717) is 32.5 Å². The molecule has 0 radical (unpaired) electrons. The normalized spacial score (nSPS) is 16.0. The van der Waals surface area contributed by atoms with Gasteiger partial charge in [0.15, 0.2) is 0 Å². The van der Waals surface area contributed by atoms with Crippen molar-refractivity contribution in [3.8, 4) is 0 Å². The Kier molecular flexibility index (Phi) is 5.69. The topological polar surface area (TPSA) is 49.4 Å². The fourth-order valence-electron chi connectivity index (χ4n) is 2.53. The summed E-state index contributed by atoms with van der Waals surface area (Å²) in [7, 11) is 0. The highest BCUT2D eigenvalue weighted by Gasteiger charge is 2.25. The van der Waals surface area contributed by atoms with Gasteiger partial charge in [0.05, 0.1) is 0 Å². The van der Waals surface area contributed by atoms with E-state index in [2.05, 4.69) is 5.32 Å². The van der Waals surface area contributed by atoms with Crippen LogP contribution in [0.5, 0.6) is 0 Å². The summed E-state index contributed by atoms with van der Waals surface area (Å²) in [6, 6.07) is 5.98. The highest BCUT2D eigenvalue weighted by molar-refractivity contribution is 5.92. The van der Waals surface area contributed by atoms with Gasteiger partial charge in [-0.05, 0) is 43.5 Å². The number of hydrogen-bond acceptors (Lipinski definition) is 2. The van der Waals surface area contributed by atoms with E-state index in [9.17, 15) is 14.0 Å². The molecule has 0 unspecified atom stereocenters. The van der Waals surface area contributed by atoms with E-state index >= 15 is 0 Å². The Morgan fingerprint density at radius 1 is 1.27 bits per heavy atom. The molecule has 1 aliphatic rings. The Balaban J connectivity index is 1.84. The highest BCUT2D eigenvalue weighted by Crippen LogP contribution is 2.18. The van der Waals surface area contributed by atoms with E-state index in [1.54, 1.807) is 23.1 Å². The number of piperidine rings is 1. The predicted molar refractivity (Wildman–Crippen MR) is 83.4 cm³/mol. The third-order valence-electron chi connectivity index (χ3n) is 3.82. The number of carbonyl (C=O) groups excluding carboxylic acids is 2. The van der Waals surface area contributed by atoms with Gasteiger partial charge < -0.3 is 10.2 Å². The quantitative estimate of drug-likeness (QED) is 0.867. The number of benzene rings is 1. The summed E-state index contributed by atoms with van der Waals surface area (Å²) in [4.78, 5) is 25.6. The first kappa shape index (κ1) is 16.2. The number of nitrogens with zero attached hydrogens (tertiary/aromatic N) is 1. The van der Waals surface area contributed by atoms with Gasteiger partial charge in [0, 0.05) is 31.6 Å². The summed E-state index contributed by atoms with van der Waals surface area (Å²) >= 11 is 0. The summed E-state index contributed by atoms with van der Waals surface area (Å²) < 4.78 is 12.8. The third kappa shape index (κ3) is 4.41. The van der Waals surface area contributed by atoms with E-state index < -0.39 is 0 Å². The van der Waals surface area contributed by atoms with Gasteiger partial charge in [0.2, 0.25) is 11.8 Å². The third-order valence-corrected chi connectivity index (χ3v) is 3.82. The zero-order valence-electron chi connectivity index (χ0n) is 12.7. The molecule has 4 nitrogen and oxygen atoms in total. The van der Waals surface area contributed by atoms with E-state index in [4.69, 9.17) is 0 Å². The Bertz CT molecular complexity index is 546. The molecule has 0 saturated carbocycles. The van der Waals surface area contributed by atoms with Crippen LogP contribution in [0.25, 0.3) is 6.08 Å². The molecular weight excluding hydrogens is 283 g/mol. The molecule has 0 bridgehead atoms. The molecule has 1 heterocycles. The maximum atomic E-state index is 12.8. The van der Waals surface area contributed by atoms with Gasteiger partial charge in [-0.15, -0.1) is 0 Å². The number of halogens is 1. The SMILES string of the molecule is CCNC(=O)C1CCN(C(=O)/C=C/c2ccc(F)cc2)CC1. The first-order chi connectivity index (χ1) is 10.6. The maximum absolute atomic E-state index is 12.8. The molecule has 1 aromatic rings. The number of rotatable bonds is 4. The van der Waals surface area contributed by atoms with Gasteiger partial charge in [-0.25, -0.2) is 4.39 Å². The molecular formula is C17H21FN2O2. The second-order valence-corrected chi connectivity index (χ2v) is 5.38. The van der Waals surface area contributed by atoms with Crippen LogP contribution in [0.1, 0.15) is 25.3 Å². The van der Waals surface area contributed by atoms with Gasteiger partial charge in [0.25, 0.3) is 0 Å². The van der Waals surface area contributed by atoms with Crippen molar-refractivity contribution >= 4 is 17.9 Å². The minimum atomic E-state index is -0.295. The molecule has 2 rings (SSSR count). The van der Waals surface area contributed by atoms with Crippen molar-refractivity contribution in [1.29, 1.82) is 0 Å². The van der Waals surface area contributed by atoms with E-state index in [-0.39, 0.29) is 23.5 Å². The van der Waals surface area contributed by atoms with Gasteiger partial charge >= 0.3 is 0 Å². The van der Waals surface area contributed by atoms with Crippen LogP contribution in [0.4, 0.5) is 4.39 Å². The largest absolute Gasteiger partial charge is 0.356 e. The van der Waals surface area contributed by atoms with Crippen LogP contribution >= 0.6 is 0 Å². The predicted octanol–water partition coefficient (Wildman–Crippen LogP) is 2.21. The van der Waals surface area contributed by atoms with Crippen LogP contribution < -0.4 is 5.32 Å². The minimum Gasteiger partial charge on any atom is -0.356 e. The van der Waals surface area contributed by atoms with Crippen molar-refractivity contribution in [2.75, 3.05) is 19.6 Å². The van der Waals surface area contributed by atoms with Crippen molar-refractivity contribution in [3.05, 3.63) is 41.7 Å². The lowest BCUT2D eigenvalue weighted by atomic mass is 9.96. The smallest absolute Gasteiger partial charge is 0.246 e. The molecule has 0 atom stereocenters. The molecule has 22 heavy (non-hydrogen) atoms. The van der Waals surface area contributed by atoms with Crippen molar-refractivity contribution in [1.82, 2.24) is 10.2 Å². The number of likely N-dealkylation sites (tertiary alicyclic amines) is 1. The molecule has 0 aromatic heterocycles. The standard InChI is InChI=1S/C17H21FN2O2/c1-2-19-17(22)14-9-11-20(12-10-14)16(21)8-5-13-3-6-15(18)7-4-13/h3-8,14H,2,9-12H2,1H3,(H,19,22)/b8-5+. The Morgan fingerprint density at radius 3 is 2.50 bits per heavy atom. The fraction of sp³-hybridized carbons (Fsp3) is 0.412. The Labute approximate surface area is 130 Å².